The lowest BCUT2D eigenvalue weighted by molar-refractivity contribution is -0.112. The molecule has 2 aromatic carbocycles. The summed E-state index contributed by atoms with van der Waals surface area (Å²) in [5.41, 5.74) is 3.94. The molecule has 1 fully saturated rings. The number of methoxy groups -OCH3 is 1. The molecule has 0 atom stereocenters. The molecule has 0 aliphatic carbocycles. The smallest absolute Gasteiger partial charge is 0.187 e. The van der Waals surface area contributed by atoms with Gasteiger partial charge in [0.2, 0.25) is 0 Å². The van der Waals surface area contributed by atoms with Crippen LogP contribution in [0.2, 0.25) is 0 Å². The van der Waals surface area contributed by atoms with Gasteiger partial charge in [-0.15, -0.1) is 0 Å². The van der Waals surface area contributed by atoms with Gasteiger partial charge >= 0.3 is 0 Å². The Kier molecular flexibility index (Phi) is 7.14. The van der Waals surface area contributed by atoms with E-state index in [1.54, 1.807) is 7.11 Å². The summed E-state index contributed by atoms with van der Waals surface area (Å²) in [6.45, 7) is 11.6. The molecule has 2 aromatic rings. The molecule has 0 spiro atoms. The second-order valence-electron chi connectivity index (χ2n) is 7.56. The van der Waals surface area contributed by atoms with E-state index in [2.05, 4.69) is 63.0 Å². The van der Waals surface area contributed by atoms with Crippen molar-refractivity contribution in [3.8, 4) is 5.75 Å². The summed E-state index contributed by atoms with van der Waals surface area (Å²) in [6.07, 6.45) is 1.86. The van der Waals surface area contributed by atoms with Crippen LogP contribution in [0.25, 0.3) is 6.08 Å². The molecule has 3 nitrogen and oxygen atoms in total. The Morgan fingerprint density at radius 2 is 1.63 bits per heavy atom. The Labute approximate surface area is 162 Å². The summed E-state index contributed by atoms with van der Waals surface area (Å²) < 4.78 is 5.25. The van der Waals surface area contributed by atoms with E-state index in [9.17, 15) is 4.79 Å². The SMILES string of the molecule is C=C1CNCC(=Cc2ccccc2OC)C1=O.CC(C)(C)c1ccccc1. The molecule has 27 heavy (non-hydrogen) atoms. The fraction of sp³-hybridized carbons (Fsp3) is 0.292. The molecule has 0 amide bonds. The topological polar surface area (TPSA) is 38.3 Å². The fourth-order valence-electron chi connectivity index (χ4n) is 2.76. The minimum absolute atomic E-state index is 0.0367. The summed E-state index contributed by atoms with van der Waals surface area (Å²) >= 11 is 0. The third-order valence-corrected chi connectivity index (χ3v) is 4.38. The van der Waals surface area contributed by atoms with Crippen LogP contribution in [0.3, 0.4) is 0 Å². The maximum absolute atomic E-state index is 11.9. The lowest BCUT2D eigenvalue weighted by Gasteiger charge is -2.18. The Bertz CT molecular complexity index is 814. The van der Waals surface area contributed by atoms with E-state index in [0.29, 0.717) is 24.1 Å². The number of para-hydroxylation sites is 1. The van der Waals surface area contributed by atoms with Crippen molar-refractivity contribution < 1.29 is 9.53 Å². The Morgan fingerprint density at radius 1 is 1.00 bits per heavy atom. The molecule has 1 N–H and O–H groups in total. The predicted molar refractivity (Wildman–Crippen MR) is 113 cm³/mol. The monoisotopic (exact) mass is 363 g/mol. The van der Waals surface area contributed by atoms with E-state index in [1.165, 1.54) is 5.56 Å². The molecule has 1 aliphatic rings. The number of piperidine rings is 1. The average molecular weight is 364 g/mol. The summed E-state index contributed by atoms with van der Waals surface area (Å²) in [6, 6.07) is 18.2. The lowest BCUT2D eigenvalue weighted by Crippen LogP contribution is -2.32. The minimum Gasteiger partial charge on any atom is -0.496 e. The standard InChI is InChI=1S/C14H15NO2.C10H14/c1-10-8-15-9-12(14(10)16)7-11-5-3-4-6-13(11)17-2;1-10(2,3)9-7-5-4-6-8-9/h3-7,15H,1,8-9H2,2H3;4-8H,1-3H3. The van der Waals surface area contributed by atoms with Gasteiger partial charge in [0.1, 0.15) is 5.75 Å². The van der Waals surface area contributed by atoms with Crippen LogP contribution >= 0.6 is 0 Å². The van der Waals surface area contributed by atoms with Gasteiger partial charge in [-0.1, -0.05) is 75.9 Å². The summed E-state index contributed by atoms with van der Waals surface area (Å²) in [5.74, 6) is 0.804. The third-order valence-electron chi connectivity index (χ3n) is 4.38. The number of Topliss-reactive ketones (excluding diaryl/α,β-unsaturated/α-hetero) is 1. The highest BCUT2D eigenvalue weighted by Crippen LogP contribution is 2.22. The van der Waals surface area contributed by atoms with Gasteiger partial charge in [-0.2, -0.15) is 0 Å². The molecule has 0 unspecified atom stereocenters. The predicted octanol–water partition coefficient (Wildman–Crippen LogP) is 4.79. The maximum Gasteiger partial charge on any atom is 0.187 e. The van der Waals surface area contributed by atoms with Crippen molar-refractivity contribution in [3.63, 3.8) is 0 Å². The Morgan fingerprint density at radius 3 is 2.22 bits per heavy atom. The number of nitrogens with one attached hydrogen (secondary N) is 1. The fourth-order valence-corrected chi connectivity index (χ4v) is 2.76. The van der Waals surface area contributed by atoms with Crippen LogP contribution in [0.5, 0.6) is 5.75 Å². The van der Waals surface area contributed by atoms with Gasteiger partial charge in [-0.05, 0) is 23.1 Å². The van der Waals surface area contributed by atoms with Crippen LogP contribution in [0.1, 0.15) is 31.9 Å². The number of hydrogen-bond donors (Lipinski definition) is 1. The second kappa shape index (κ2) is 9.33. The van der Waals surface area contributed by atoms with E-state index in [-0.39, 0.29) is 5.78 Å². The van der Waals surface area contributed by atoms with Gasteiger partial charge in [-0.3, -0.25) is 4.79 Å². The quantitative estimate of drug-likeness (QED) is 0.780. The van der Waals surface area contributed by atoms with Crippen LogP contribution < -0.4 is 10.1 Å². The molecular formula is C24H29NO2. The van der Waals surface area contributed by atoms with Crippen molar-refractivity contribution in [2.45, 2.75) is 26.2 Å². The van der Waals surface area contributed by atoms with Crippen LogP contribution in [-0.4, -0.2) is 26.0 Å². The first kappa shape index (κ1) is 20.7. The van der Waals surface area contributed by atoms with E-state index < -0.39 is 0 Å². The molecule has 142 valence electrons. The number of rotatable bonds is 2. The molecule has 3 rings (SSSR count). The van der Waals surface area contributed by atoms with Gasteiger partial charge in [0.15, 0.2) is 5.78 Å². The van der Waals surface area contributed by atoms with Crippen molar-refractivity contribution in [3.05, 3.63) is 83.4 Å². The summed E-state index contributed by atoms with van der Waals surface area (Å²) in [5, 5.41) is 3.14. The summed E-state index contributed by atoms with van der Waals surface area (Å²) in [4.78, 5) is 11.9. The first-order chi connectivity index (χ1) is 12.8. The zero-order chi connectivity index (χ0) is 19.9. The first-order valence-electron chi connectivity index (χ1n) is 9.15. The Hall–Kier alpha value is -2.65. The summed E-state index contributed by atoms with van der Waals surface area (Å²) in [7, 11) is 1.62. The number of carbonyl (C=O) groups excluding carboxylic acids is 1. The highest BCUT2D eigenvalue weighted by molar-refractivity contribution is 6.12. The van der Waals surface area contributed by atoms with E-state index in [4.69, 9.17) is 4.74 Å². The number of benzene rings is 2. The first-order valence-corrected chi connectivity index (χ1v) is 9.15. The van der Waals surface area contributed by atoms with E-state index in [1.807, 2.05) is 30.3 Å². The Balaban J connectivity index is 0.000000223. The zero-order valence-corrected chi connectivity index (χ0v) is 16.7. The number of carbonyl (C=O) groups is 1. The van der Waals surface area contributed by atoms with Crippen LogP contribution in [0.4, 0.5) is 0 Å². The molecule has 3 heteroatoms. The van der Waals surface area contributed by atoms with Gasteiger partial charge in [0, 0.05) is 29.8 Å². The molecule has 0 aromatic heterocycles. The molecule has 1 aliphatic heterocycles. The molecule has 0 bridgehead atoms. The lowest BCUT2D eigenvalue weighted by atomic mass is 9.87. The number of ketones is 1. The van der Waals surface area contributed by atoms with Crippen molar-refractivity contribution in [2.24, 2.45) is 0 Å². The van der Waals surface area contributed by atoms with Gasteiger partial charge in [0.25, 0.3) is 0 Å². The normalized spacial score (nSPS) is 15.9. The number of ether oxygens (including phenoxy) is 1. The van der Waals surface area contributed by atoms with E-state index in [0.717, 1.165) is 16.9 Å². The van der Waals surface area contributed by atoms with E-state index >= 15 is 0 Å². The van der Waals surface area contributed by atoms with Crippen LogP contribution in [0, 0.1) is 0 Å². The van der Waals surface area contributed by atoms with Gasteiger partial charge < -0.3 is 10.1 Å². The van der Waals surface area contributed by atoms with Crippen molar-refractivity contribution in [1.29, 1.82) is 0 Å². The highest BCUT2D eigenvalue weighted by atomic mass is 16.5. The second-order valence-corrected chi connectivity index (χ2v) is 7.56. The van der Waals surface area contributed by atoms with Crippen molar-refractivity contribution >= 4 is 11.9 Å². The molecule has 0 radical (unpaired) electrons. The van der Waals surface area contributed by atoms with Gasteiger partial charge in [0.05, 0.1) is 7.11 Å². The number of hydrogen-bond acceptors (Lipinski definition) is 3. The van der Waals surface area contributed by atoms with Crippen molar-refractivity contribution in [1.82, 2.24) is 5.32 Å². The minimum atomic E-state index is 0.0367. The molecule has 1 saturated heterocycles. The molecule has 1 heterocycles. The average Bonchev–Trinajstić information content (AvgIpc) is 2.66. The zero-order valence-electron chi connectivity index (χ0n) is 16.7. The maximum atomic E-state index is 11.9. The third kappa shape index (κ3) is 5.93. The molecule has 0 saturated carbocycles. The van der Waals surface area contributed by atoms with Gasteiger partial charge in [-0.25, -0.2) is 0 Å². The van der Waals surface area contributed by atoms with Crippen LogP contribution in [0.15, 0.2) is 72.3 Å². The van der Waals surface area contributed by atoms with Crippen LogP contribution in [-0.2, 0) is 10.2 Å². The molecular weight excluding hydrogens is 334 g/mol. The highest BCUT2D eigenvalue weighted by Gasteiger charge is 2.18. The van der Waals surface area contributed by atoms with Crippen molar-refractivity contribution in [2.75, 3.05) is 20.2 Å². The largest absolute Gasteiger partial charge is 0.496 e.